The van der Waals surface area contributed by atoms with Crippen molar-refractivity contribution >= 4 is 0 Å². The van der Waals surface area contributed by atoms with Crippen molar-refractivity contribution in [2.75, 3.05) is 26.8 Å². The summed E-state index contributed by atoms with van der Waals surface area (Å²) in [7, 11) is 0. The Morgan fingerprint density at radius 2 is 0.929 bits per heavy atom. The van der Waals surface area contributed by atoms with Crippen LogP contribution in [0.15, 0.2) is 84.9 Å². The number of aryl methyl sites for hydroxylation is 2. The summed E-state index contributed by atoms with van der Waals surface area (Å²) in [4.78, 5) is 0. The minimum atomic E-state index is -0.418. The molecular weight excluding hydrogens is 536 g/mol. The Balaban J connectivity index is 1.16. The van der Waals surface area contributed by atoms with Gasteiger partial charge in [0.25, 0.3) is 0 Å². The summed E-state index contributed by atoms with van der Waals surface area (Å²) in [6.45, 7) is 0.931. The summed E-state index contributed by atoms with van der Waals surface area (Å²) >= 11 is 0. The van der Waals surface area contributed by atoms with Gasteiger partial charge in [-0.1, -0.05) is 84.9 Å². The first-order chi connectivity index (χ1) is 20.7. The van der Waals surface area contributed by atoms with Gasteiger partial charge in [-0.15, -0.1) is 0 Å². The van der Waals surface area contributed by atoms with Crippen LogP contribution in [0, 0.1) is 0 Å². The Labute approximate surface area is 248 Å². The first kappa shape index (κ1) is 30.8. The first-order valence-electron chi connectivity index (χ1n) is 14.8. The van der Waals surface area contributed by atoms with Crippen LogP contribution in [0.1, 0.15) is 35.1 Å². The van der Waals surface area contributed by atoms with Crippen LogP contribution in [0.3, 0.4) is 0 Å². The van der Waals surface area contributed by atoms with Crippen LogP contribution in [-0.4, -0.2) is 73.6 Å². The van der Waals surface area contributed by atoms with Crippen LogP contribution < -0.4 is 0 Å². The fourth-order valence-corrected chi connectivity index (χ4v) is 5.62. The second-order valence-corrected chi connectivity index (χ2v) is 10.8. The van der Waals surface area contributed by atoms with Crippen LogP contribution in [-0.2, 0) is 54.5 Å². The summed E-state index contributed by atoms with van der Waals surface area (Å²) in [5.41, 5.74) is 4.56. The zero-order valence-corrected chi connectivity index (χ0v) is 24.0. The molecule has 6 atom stereocenters. The van der Waals surface area contributed by atoms with Gasteiger partial charge < -0.3 is 38.6 Å². The van der Waals surface area contributed by atoms with Crippen LogP contribution in [0.4, 0.5) is 0 Å². The van der Waals surface area contributed by atoms with E-state index in [1.165, 1.54) is 11.1 Å². The molecule has 0 saturated carbocycles. The van der Waals surface area contributed by atoms with E-state index in [0.717, 1.165) is 36.8 Å². The van der Waals surface area contributed by atoms with E-state index in [2.05, 4.69) is 24.3 Å². The van der Waals surface area contributed by atoms with Crippen molar-refractivity contribution in [2.45, 2.75) is 75.5 Å². The molecule has 0 aromatic heterocycles. The highest BCUT2D eigenvalue weighted by Gasteiger charge is 2.37. The van der Waals surface area contributed by atoms with Gasteiger partial charge in [0.2, 0.25) is 0 Å². The summed E-state index contributed by atoms with van der Waals surface area (Å²) in [6, 6.07) is 28.5. The Bertz CT molecular complexity index is 1090. The number of rotatable bonds is 14. The molecule has 8 nitrogen and oxygen atoms in total. The van der Waals surface area contributed by atoms with Crippen LogP contribution in [0.25, 0.3) is 0 Å². The number of aliphatic hydroxyl groups is 2. The van der Waals surface area contributed by atoms with E-state index in [-0.39, 0.29) is 51.2 Å². The van der Waals surface area contributed by atoms with Crippen LogP contribution in [0.2, 0.25) is 0 Å². The van der Waals surface area contributed by atoms with Crippen molar-refractivity contribution in [1.82, 2.24) is 0 Å². The summed E-state index contributed by atoms with van der Waals surface area (Å²) in [5, 5.41) is 19.8. The van der Waals surface area contributed by atoms with Gasteiger partial charge in [0.15, 0.2) is 0 Å². The lowest BCUT2D eigenvalue weighted by molar-refractivity contribution is -0.253. The smallest absolute Gasteiger partial charge is 0.147 e. The van der Waals surface area contributed by atoms with E-state index < -0.39 is 12.2 Å². The molecule has 0 spiro atoms. The van der Waals surface area contributed by atoms with E-state index >= 15 is 0 Å². The zero-order valence-electron chi connectivity index (χ0n) is 24.0. The third-order valence-electron chi connectivity index (χ3n) is 7.95. The maximum atomic E-state index is 9.91. The predicted octanol–water partition coefficient (Wildman–Crippen LogP) is 4.19. The molecule has 0 unspecified atom stereocenters. The largest absolute Gasteiger partial charge is 0.394 e. The second kappa shape index (κ2) is 16.3. The fourth-order valence-electron chi connectivity index (χ4n) is 5.62. The highest BCUT2D eigenvalue weighted by Crippen LogP contribution is 2.25. The van der Waals surface area contributed by atoms with Crippen molar-refractivity contribution in [3.05, 3.63) is 107 Å². The number of hydrogen-bond acceptors (Lipinski definition) is 8. The van der Waals surface area contributed by atoms with E-state index in [1.54, 1.807) is 0 Å². The van der Waals surface area contributed by atoms with E-state index in [4.69, 9.17) is 28.4 Å². The van der Waals surface area contributed by atoms with E-state index in [0.29, 0.717) is 13.2 Å². The molecule has 3 aromatic rings. The number of ether oxygens (including phenoxy) is 6. The predicted molar refractivity (Wildman–Crippen MR) is 157 cm³/mol. The number of benzene rings is 3. The molecule has 2 fully saturated rings. The van der Waals surface area contributed by atoms with Crippen molar-refractivity contribution in [2.24, 2.45) is 0 Å². The molecule has 2 aliphatic heterocycles. The Kier molecular flexibility index (Phi) is 11.9. The van der Waals surface area contributed by atoms with Crippen molar-refractivity contribution in [3.63, 3.8) is 0 Å². The normalized spacial score (nSPS) is 26.2. The van der Waals surface area contributed by atoms with Crippen molar-refractivity contribution < 1.29 is 38.6 Å². The Morgan fingerprint density at radius 3 is 1.36 bits per heavy atom. The van der Waals surface area contributed by atoms with Gasteiger partial charge in [-0.25, -0.2) is 0 Å². The molecule has 2 saturated heterocycles. The van der Waals surface area contributed by atoms with Gasteiger partial charge in [-0.3, -0.25) is 0 Å². The summed E-state index contributed by atoms with van der Waals surface area (Å²) in [5.74, 6) is 0. The molecular formula is C34H42O8. The SMILES string of the molecule is OC[C@@H]1OCO[C@H](CCc2cccc(CC[C@H]3OCO[C@@H](CO)[C@H]3OCc3ccccc3)c2)[C@@H]1OCc1ccccc1. The molecule has 2 N–H and O–H groups in total. The van der Waals surface area contributed by atoms with Gasteiger partial charge in [-0.05, 0) is 47.9 Å². The highest BCUT2D eigenvalue weighted by molar-refractivity contribution is 5.24. The lowest BCUT2D eigenvalue weighted by Gasteiger charge is -2.37. The molecule has 0 radical (unpaired) electrons. The van der Waals surface area contributed by atoms with E-state index in [9.17, 15) is 10.2 Å². The van der Waals surface area contributed by atoms with E-state index in [1.807, 2.05) is 60.7 Å². The topological polar surface area (TPSA) is 95.8 Å². The Hall–Kier alpha value is -2.66. The lowest BCUT2D eigenvalue weighted by atomic mass is 9.96. The highest BCUT2D eigenvalue weighted by atomic mass is 16.7. The maximum Gasteiger partial charge on any atom is 0.147 e. The van der Waals surface area contributed by atoms with Gasteiger partial charge in [0.1, 0.15) is 38.0 Å². The number of aliphatic hydroxyl groups excluding tert-OH is 2. The van der Waals surface area contributed by atoms with Crippen LogP contribution in [0.5, 0.6) is 0 Å². The molecule has 42 heavy (non-hydrogen) atoms. The average Bonchev–Trinajstić information content (AvgIpc) is 3.05. The molecule has 0 amide bonds. The fraction of sp³-hybridized carbons (Fsp3) is 0.471. The molecule has 5 rings (SSSR count). The Morgan fingerprint density at radius 1 is 0.524 bits per heavy atom. The first-order valence-corrected chi connectivity index (χ1v) is 14.8. The molecule has 0 aliphatic carbocycles. The van der Waals surface area contributed by atoms with Gasteiger partial charge >= 0.3 is 0 Å². The molecule has 226 valence electrons. The van der Waals surface area contributed by atoms with Crippen molar-refractivity contribution in [1.29, 1.82) is 0 Å². The van der Waals surface area contributed by atoms with Crippen LogP contribution >= 0.6 is 0 Å². The minimum Gasteiger partial charge on any atom is -0.394 e. The third kappa shape index (κ3) is 8.69. The van der Waals surface area contributed by atoms with Gasteiger partial charge in [0.05, 0.1) is 38.6 Å². The monoisotopic (exact) mass is 578 g/mol. The van der Waals surface area contributed by atoms with Crippen molar-refractivity contribution in [3.8, 4) is 0 Å². The molecule has 3 aromatic carbocycles. The third-order valence-corrected chi connectivity index (χ3v) is 7.95. The summed E-state index contributed by atoms with van der Waals surface area (Å²) < 4.78 is 35.6. The minimum absolute atomic E-state index is 0.115. The molecule has 8 heteroatoms. The lowest BCUT2D eigenvalue weighted by Crippen LogP contribution is -2.49. The summed E-state index contributed by atoms with van der Waals surface area (Å²) in [6.07, 6.45) is 1.20. The molecule has 2 heterocycles. The second-order valence-electron chi connectivity index (χ2n) is 10.8. The molecule has 2 aliphatic rings. The molecule has 0 bridgehead atoms. The maximum absolute atomic E-state index is 9.91. The number of hydrogen-bond donors (Lipinski definition) is 2. The quantitative estimate of drug-likeness (QED) is 0.294. The zero-order chi connectivity index (χ0) is 29.0. The average molecular weight is 579 g/mol. The standard InChI is InChI=1S/C34H42O8/c35-19-31-33(37-21-27-8-3-1-4-9-27)29(39-23-41-31)16-14-25-12-7-13-26(18-25)15-17-30-34(32(20-36)42-24-40-30)38-22-28-10-5-2-6-11-28/h1-13,18,29-36H,14-17,19-24H2/t29-,30-,31+,32+,33+,34+/m1/s1. The van der Waals surface area contributed by atoms with Gasteiger partial charge in [0, 0.05) is 0 Å². The van der Waals surface area contributed by atoms with Gasteiger partial charge in [-0.2, -0.15) is 0 Å².